The second-order valence-corrected chi connectivity index (χ2v) is 7.64. The molecule has 2 heterocycles. The highest BCUT2D eigenvalue weighted by Crippen LogP contribution is 2.32. The zero-order valence-electron chi connectivity index (χ0n) is 16.2. The summed E-state index contributed by atoms with van der Waals surface area (Å²) in [6.07, 6.45) is -4.38. The van der Waals surface area contributed by atoms with Gasteiger partial charge in [0.05, 0.1) is 17.8 Å². The number of furan rings is 1. The van der Waals surface area contributed by atoms with Crippen LogP contribution in [0.1, 0.15) is 11.3 Å². The van der Waals surface area contributed by atoms with E-state index in [1.54, 1.807) is 22.9 Å². The molecule has 0 atom stereocenters. The van der Waals surface area contributed by atoms with Gasteiger partial charge in [0.2, 0.25) is 5.16 Å². The molecule has 0 amide bonds. The molecule has 0 saturated heterocycles. The average Bonchev–Trinajstić information content (AvgIpc) is 3.43. The van der Waals surface area contributed by atoms with Crippen molar-refractivity contribution >= 4 is 11.8 Å². The minimum Gasteiger partial charge on any atom is -0.460 e. The molecule has 0 spiro atoms. The fourth-order valence-corrected chi connectivity index (χ4v) is 3.69. The van der Waals surface area contributed by atoms with Crippen molar-refractivity contribution in [2.24, 2.45) is 0 Å². The van der Waals surface area contributed by atoms with Crippen molar-refractivity contribution in [1.82, 2.24) is 25.5 Å². The third-order valence-electron chi connectivity index (χ3n) is 4.39. The Kier molecular flexibility index (Phi) is 6.38. The van der Waals surface area contributed by atoms with Gasteiger partial charge < -0.3 is 9.73 Å². The van der Waals surface area contributed by atoms with Crippen LogP contribution in [0.15, 0.2) is 76.3 Å². The molecular weight excluding hydrogens is 427 g/mol. The van der Waals surface area contributed by atoms with Gasteiger partial charge in [-0.2, -0.15) is 17.9 Å². The highest BCUT2D eigenvalue weighted by Gasteiger charge is 2.30. The molecular formula is C21H18F3N5OS. The predicted molar refractivity (Wildman–Crippen MR) is 111 cm³/mol. The van der Waals surface area contributed by atoms with Crippen molar-refractivity contribution in [3.63, 3.8) is 0 Å². The van der Waals surface area contributed by atoms with E-state index in [1.165, 1.54) is 17.8 Å². The Morgan fingerprint density at radius 1 is 1.00 bits per heavy atom. The molecule has 0 unspecified atom stereocenters. The van der Waals surface area contributed by atoms with E-state index in [4.69, 9.17) is 4.42 Å². The minimum absolute atomic E-state index is 0.393. The van der Waals surface area contributed by atoms with E-state index in [0.717, 1.165) is 23.6 Å². The number of hydrogen-bond donors (Lipinski definition) is 1. The van der Waals surface area contributed by atoms with Crippen molar-refractivity contribution < 1.29 is 17.6 Å². The standard InChI is InChI=1S/C21H18F3N5OS/c22-21(23,24)16-6-4-5-15(13-16)19-10-9-18(30-19)14-25-11-12-31-20-26-27-28-29(20)17-7-2-1-3-8-17/h1-10,13,25H,11-12,14H2. The van der Waals surface area contributed by atoms with E-state index >= 15 is 0 Å². The molecule has 2 aromatic carbocycles. The zero-order chi connectivity index (χ0) is 21.7. The van der Waals surface area contributed by atoms with Crippen LogP contribution in [-0.4, -0.2) is 32.5 Å². The Morgan fingerprint density at radius 2 is 1.84 bits per heavy atom. The summed E-state index contributed by atoms with van der Waals surface area (Å²) in [5.74, 6) is 1.78. The predicted octanol–water partition coefficient (Wildman–Crippen LogP) is 4.82. The van der Waals surface area contributed by atoms with Gasteiger partial charge in [0, 0.05) is 17.9 Å². The maximum absolute atomic E-state index is 12.9. The number of para-hydroxylation sites is 1. The van der Waals surface area contributed by atoms with Crippen LogP contribution in [0.4, 0.5) is 13.2 Å². The number of rotatable bonds is 8. The molecule has 2 aromatic heterocycles. The first-order valence-corrected chi connectivity index (χ1v) is 10.4. The fraction of sp³-hybridized carbons (Fsp3) is 0.190. The van der Waals surface area contributed by atoms with Gasteiger partial charge in [-0.3, -0.25) is 0 Å². The van der Waals surface area contributed by atoms with Crippen LogP contribution in [0.3, 0.4) is 0 Å². The molecule has 4 rings (SSSR count). The number of benzene rings is 2. The van der Waals surface area contributed by atoms with E-state index in [9.17, 15) is 13.2 Å². The van der Waals surface area contributed by atoms with Crippen molar-refractivity contribution in [3.05, 3.63) is 78.1 Å². The number of hydrogen-bond acceptors (Lipinski definition) is 6. The molecule has 160 valence electrons. The Hall–Kier alpha value is -3.11. The van der Waals surface area contributed by atoms with E-state index in [0.29, 0.717) is 35.3 Å². The largest absolute Gasteiger partial charge is 0.460 e. The van der Waals surface area contributed by atoms with Gasteiger partial charge in [0.15, 0.2) is 0 Å². The molecule has 10 heteroatoms. The fourth-order valence-electron chi connectivity index (χ4n) is 2.90. The molecule has 0 aliphatic carbocycles. The second kappa shape index (κ2) is 9.36. The summed E-state index contributed by atoms with van der Waals surface area (Å²) in [7, 11) is 0. The van der Waals surface area contributed by atoms with Crippen molar-refractivity contribution in [3.8, 4) is 17.0 Å². The molecule has 0 saturated carbocycles. The summed E-state index contributed by atoms with van der Waals surface area (Å²) in [5, 5.41) is 15.7. The normalized spacial score (nSPS) is 11.7. The zero-order valence-corrected chi connectivity index (χ0v) is 17.0. The molecule has 31 heavy (non-hydrogen) atoms. The second-order valence-electron chi connectivity index (χ2n) is 6.58. The van der Waals surface area contributed by atoms with Gasteiger partial charge in [-0.25, -0.2) is 0 Å². The van der Waals surface area contributed by atoms with Crippen LogP contribution in [0.5, 0.6) is 0 Å². The summed E-state index contributed by atoms with van der Waals surface area (Å²) in [6.45, 7) is 1.13. The third kappa shape index (κ3) is 5.33. The molecule has 1 N–H and O–H groups in total. The molecule has 0 radical (unpaired) electrons. The van der Waals surface area contributed by atoms with Crippen molar-refractivity contribution in [1.29, 1.82) is 0 Å². The minimum atomic E-state index is -4.38. The van der Waals surface area contributed by atoms with E-state index in [-0.39, 0.29) is 0 Å². The summed E-state index contributed by atoms with van der Waals surface area (Å²) in [5.41, 5.74) is 0.584. The Labute approximate surface area is 180 Å². The topological polar surface area (TPSA) is 68.8 Å². The third-order valence-corrected chi connectivity index (χ3v) is 5.31. The van der Waals surface area contributed by atoms with Crippen LogP contribution in [0, 0.1) is 0 Å². The Morgan fingerprint density at radius 3 is 2.65 bits per heavy atom. The summed E-state index contributed by atoms with van der Waals surface area (Å²) in [4.78, 5) is 0. The number of halogens is 3. The highest BCUT2D eigenvalue weighted by atomic mass is 32.2. The molecule has 0 bridgehead atoms. The van der Waals surface area contributed by atoms with Gasteiger partial charge in [-0.1, -0.05) is 42.1 Å². The van der Waals surface area contributed by atoms with Crippen molar-refractivity contribution in [2.75, 3.05) is 12.3 Å². The molecule has 0 aliphatic rings. The first-order valence-electron chi connectivity index (χ1n) is 9.44. The number of aromatic nitrogens is 4. The molecule has 6 nitrogen and oxygen atoms in total. The maximum atomic E-state index is 12.9. The van der Waals surface area contributed by atoms with Gasteiger partial charge in [0.25, 0.3) is 0 Å². The van der Waals surface area contributed by atoms with Gasteiger partial charge in [-0.05, 0) is 46.8 Å². The van der Waals surface area contributed by atoms with Gasteiger partial charge in [-0.15, -0.1) is 5.10 Å². The molecule has 4 aromatic rings. The number of nitrogens with zero attached hydrogens (tertiary/aromatic N) is 4. The highest BCUT2D eigenvalue weighted by molar-refractivity contribution is 7.99. The SMILES string of the molecule is FC(F)(F)c1cccc(-c2ccc(CNCCSc3nnnn3-c3ccccc3)o2)c1. The van der Waals surface area contributed by atoms with Crippen LogP contribution in [0.2, 0.25) is 0 Å². The average molecular weight is 445 g/mol. The first-order chi connectivity index (χ1) is 15.0. The lowest BCUT2D eigenvalue weighted by molar-refractivity contribution is -0.137. The Bertz CT molecular complexity index is 1130. The van der Waals surface area contributed by atoms with Crippen LogP contribution in [-0.2, 0) is 12.7 Å². The van der Waals surface area contributed by atoms with Gasteiger partial charge in [0.1, 0.15) is 11.5 Å². The quantitative estimate of drug-likeness (QED) is 0.310. The summed E-state index contributed by atoms with van der Waals surface area (Å²) < 4.78 is 46.1. The van der Waals surface area contributed by atoms with E-state index in [2.05, 4.69) is 20.8 Å². The van der Waals surface area contributed by atoms with Crippen LogP contribution in [0.25, 0.3) is 17.0 Å². The lowest BCUT2D eigenvalue weighted by atomic mass is 10.1. The lowest BCUT2D eigenvalue weighted by Gasteiger charge is -2.07. The van der Waals surface area contributed by atoms with Crippen LogP contribution < -0.4 is 5.32 Å². The first kappa shape index (κ1) is 21.1. The molecule has 0 fully saturated rings. The van der Waals surface area contributed by atoms with Gasteiger partial charge >= 0.3 is 6.18 Å². The Balaban J connectivity index is 1.28. The van der Waals surface area contributed by atoms with Crippen LogP contribution >= 0.6 is 11.8 Å². The monoisotopic (exact) mass is 445 g/mol. The smallest absolute Gasteiger partial charge is 0.416 e. The lowest BCUT2D eigenvalue weighted by Crippen LogP contribution is -2.16. The van der Waals surface area contributed by atoms with Crippen molar-refractivity contribution in [2.45, 2.75) is 17.9 Å². The number of tetrazole rings is 1. The summed E-state index contributed by atoms with van der Waals surface area (Å²) >= 11 is 1.52. The maximum Gasteiger partial charge on any atom is 0.416 e. The molecule has 0 aliphatic heterocycles. The number of nitrogens with one attached hydrogen (secondary N) is 1. The van der Waals surface area contributed by atoms with E-state index in [1.807, 2.05) is 30.3 Å². The number of thioether (sulfide) groups is 1. The summed E-state index contributed by atoms with van der Waals surface area (Å²) in [6, 6.07) is 18.2. The number of alkyl halides is 3. The van der Waals surface area contributed by atoms with E-state index < -0.39 is 11.7 Å².